The monoisotopic (exact) mass is 370 g/mol. The van der Waals surface area contributed by atoms with Crippen LogP contribution in [0.1, 0.15) is 9.67 Å². The molecule has 0 unspecified atom stereocenters. The van der Waals surface area contributed by atoms with Gasteiger partial charge in [0, 0.05) is 10.4 Å². The summed E-state index contributed by atoms with van der Waals surface area (Å²) < 4.78 is 10.7. The van der Waals surface area contributed by atoms with Crippen LogP contribution in [0.25, 0.3) is 21.7 Å². The van der Waals surface area contributed by atoms with Gasteiger partial charge in [0.05, 0.1) is 12.0 Å². The zero-order valence-electron chi connectivity index (χ0n) is 12.7. The highest BCUT2D eigenvalue weighted by molar-refractivity contribution is 7.21. The SMILES string of the molecule is Nc1c(C(=O)Oc2ccc(Cl)cc2)sc2nc(-c3ccco3)ccc12. The number of aromatic nitrogens is 1. The Kier molecular flexibility index (Phi) is 3.91. The fraction of sp³-hybridized carbons (Fsp3) is 0. The maximum Gasteiger partial charge on any atom is 0.355 e. The molecule has 0 saturated heterocycles. The fourth-order valence-corrected chi connectivity index (χ4v) is 3.46. The van der Waals surface area contributed by atoms with Crippen LogP contribution >= 0.6 is 22.9 Å². The van der Waals surface area contributed by atoms with Crippen LogP contribution in [0.4, 0.5) is 5.69 Å². The van der Waals surface area contributed by atoms with Crippen LogP contribution in [0, 0.1) is 0 Å². The van der Waals surface area contributed by atoms with E-state index >= 15 is 0 Å². The number of pyridine rings is 1. The second kappa shape index (κ2) is 6.23. The van der Waals surface area contributed by atoms with Crippen molar-refractivity contribution < 1.29 is 13.9 Å². The van der Waals surface area contributed by atoms with E-state index in [9.17, 15) is 4.79 Å². The Morgan fingerprint density at radius 1 is 1.16 bits per heavy atom. The molecule has 0 atom stereocenters. The first-order chi connectivity index (χ1) is 12.1. The van der Waals surface area contributed by atoms with Gasteiger partial charge in [-0.1, -0.05) is 11.6 Å². The van der Waals surface area contributed by atoms with Crippen molar-refractivity contribution in [3.63, 3.8) is 0 Å². The topological polar surface area (TPSA) is 78.4 Å². The molecule has 0 fully saturated rings. The third kappa shape index (κ3) is 2.97. The van der Waals surface area contributed by atoms with E-state index in [0.29, 0.717) is 43.0 Å². The summed E-state index contributed by atoms with van der Waals surface area (Å²) in [7, 11) is 0. The van der Waals surface area contributed by atoms with Gasteiger partial charge in [0.25, 0.3) is 0 Å². The van der Waals surface area contributed by atoms with Crippen molar-refractivity contribution in [3.05, 3.63) is 64.7 Å². The van der Waals surface area contributed by atoms with Crippen molar-refractivity contribution in [1.29, 1.82) is 0 Å². The molecule has 0 radical (unpaired) electrons. The van der Waals surface area contributed by atoms with Crippen molar-refractivity contribution in [2.45, 2.75) is 0 Å². The minimum atomic E-state index is -0.526. The van der Waals surface area contributed by atoms with Gasteiger partial charge in [-0.2, -0.15) is 0 Å². The molecular weight excluding hydrogens is 360 g/mol. The van der Waals surface area contributed by atoms with E-state index in [1.165, 1.54) is 11.3 Å². The number of anilines is 1. The number of nitrogens with zero attached hydrogens (tertiary/aromatic N) is 1. The summed E-state index contributed by atoms with van der Waals surface area (Å²) >= 11 is 7.01. The summed E-state index contributed by atoms with van der Waals surface area (Å²) in [6.45, 7) is 0. The van der Waals surface area contributed by atoms with Gasteiger partial charge in [0.1, 0.15) is 21.2 Å². The fourth-order valence-electron chi connectivity index (χ4n) is 2.37. The number of furan rings is 1. The van der Waals surface area contributed by atoms with Crippen molar-refractivity contribution in [2.24, 2.45) is 0 Å². The van der Waals surface area contributed by atoms with Gasteiger partial charge in [-0.3, -0.25) is 0 Å². The molecule has 0 spiro atoms. The molecule has 1 aromatic carbocycles. The van der Waals surface area contributed by atoms with Crippen LogP contribution in [0.5, 0.6) is 5.75 Å². The number of rotatable bonds is 3. The van der Waals surface area contributed by atoms with Gasteiger partial charge in [-0.25, -0.2) is 9.78 Å². The predicted octanol–water partition coefficient (Wildman–Crippen LogP) is 5.01. The van der Waals surface area contributed by atoms with Crippen LogP contribution in [0.15, 0.2) is 59.2 Å². The highest BCUT2D eigenvalue weighted by Gasteiger charge is 2.20. The Balaban J connectivity index is 1.68. The second-order valence-corrected chi connectivity index (χ2v) is 6.65. The van der Waals surface area contributed by atoms with Crippen LogP contribution in [-0.2, 0) is 0 Å². The number of nitrogens with two attached hydrogens (primary N) is 1. The van der Waals surface area contributed by atoms with E-state index in [2.05, 4.69) is 4.98 Å². The van der Waals surface area contributed by atoms with Crippen molar-refractivity contribution in [1.82, 2.24) is 4.98 Å². The number of fused-ring (bicyclic) bond motifs is 1. The first-order valence-corrected chi connectivity index (χ1v) is 8.52. The lowest BCUT2D eigenvalue weighted by Crippen LogP contribution is -2.08. The number of esters is 1. The molecule has 4 aromatic rings. The highest BCUT2D eigenvalue weighted by atomic mass is 35.5. The molecule has 124 valence electrons. The molecule has 25 heavy (non-hydrogen) atoms. The lowest BCUT2D eigenvalue weighted by molar-refractivity contribution is 0.0741. The molecule has 0 aliphatic heterocycles. The summed E-state index contributed by atoms with van der Waals surface area (Å²) in [4.78, 5) is 17.9. The number of thiophene rings is 1. The maximum absolute atomic E-state index is 12.4. The number of hydrogen-bond acceptors (Lipinski definition) is 6. The largest absolute Gasteiger partial charge is 0.463 e. The van der Waals surface area contributed by atoms with E-state index in [1.54, 1.807) is 42.7 Å². The molecule has 5 nitrogen and oxygen atoms in total. The zero-order chi connectivity index (χ0) is 17.4. The Hall–Kier alpha value is -2.83. The summed E-state index contributed by atoms with van der Waals surface area (Å²) in [5.41, 5.74) is 7.15. The smallest absolute Gasteiger partial charge is 0.355 e. The van der Waals surface area contributed by atoms with E-state index in [0.717, 1.165) is 0 Å². The number of nitrogen functional groups attached to an aromatic ring is 1. The van der Waals surface area contributed by atoms with Crippen molar-refractivity contribution >= 4 is 44.8 Å². The number of carbonyl (C=O) groups excluding carboxylic acids is 1. The van der Waals surface area contributed by atoms with Crippen LogP contribution in [-0.4, -0.2) is 11.0 Å². The molecule has 0 bridgehead atoms. The first kappa shape index (κ1) is 15.7. The third-order valence-corrected chi connectivity index (χ3v) is 4.92. The average molecular weight is 371 g/mol. The minimum absolute atomic E-state index is 0.314. The van der Waals surface area contributed by atoms with Crippen LogP contribution in [0.2, 0.25) is 5.02 Å². The Morgan fingerprint density at radius 2 is 1.96 bits per heavy atom. The van der Waals surface area contributed by atoms with Gasteiger partial charge in [-0.15, -0.1) is 11.3 Å². The molecule has 0 amide bonds. The lowest BCUT2D eigenvalue weighted by atomic mass is 10.2. The molecule has 7 heteroatoms. The Morgan fingerprint density at radius 3 is 2.68 bits per heavy atom. The number of hydrogen-bond donors (Lipinski definition) is 1. The normalized spacial score (nSPS) is 10.9. The van der Waals surface area contributed by atoms with Crippen LogP contribution < -0.4 is 10.5 Å². The Bertz CT molecular complexity index is 1060. The van der Waals surface area contributed by atoms with Gasteiger partial charge in [-0.05, 0) is 48.5 Å². The van der Waals surface area contributed by atoms with Gasteiger partial charge < -0.3 is 14.9 Å². The molecule has 4 rings (SSSR count). The second-order valence-electron chi connectivity index (χ2n) is 5.21. The predicted molar refractivity (Wildman–Crippen MR) is 98.1 cm³/mol. The van der Waals surface area contributed by atoms with E-state index in [-0.39, 0.29) is 0 Å². The molecule has 0 saturated carbocycles. The highest BCUT2D eigenvalue weighted by Crippen LogP contribution is 2.35. The summed E-state index contributed by atoms with van der Waals surface area (Å²) in [6, 6.07) is 13.8. The number of benzene rings is 1. The van der Waals surface area contributed by atoms with E-state index in [1.807, 2.05) is 12.1 Å². The third-order valence-electron chi connectivity index (χ3n) is 3.58. The number of halogens is 1. The molecule has 3 heterocycles. The molecule has 3 aromatic heterocycles. The minimum Gasteiger partial charge on any atom is -0.463 e. The van der Waals surface area contributed by atoms with Gasteiger partial charge >= 0.3 is 5.97 Å². The maximum atomic E-state index is 12.4. The van der Waals surface area contributed by atoms with E-state index < -0.39 is 5.97 Å². The summed E-state index contributed by atoms with van der Waals surface area (Å²) in [5, 5.41) is 1.28. The zero-order valence-corrected chi connectivity index (χ0v) is 14.3. The quantitative estimate of drug-likeness (QED) is 0.405. The average Bonchev–Trinajstić information content (AvgIpc) is 3.25. The first-order valence-electron chi connectivity index (χ1n) is 7.32. The number of carbonyl (C=O) groups is 1. The van der Waals surface area contributed by atoms with Gasteiger partial charge in [0.2, 0.25) is 0 Å². The van der Waals surface area contributed by atoms with Gasteiger partial charge in [0.15, 0.2) is 5.76 Å². The molecular formula is C18H11ClN2O3S. The summed E-state index contributed by atoms with van der Waals surface area (Å²) in [5.74, 6) is 0.525. The van der Waals surface area contributed by atoms with Crippen molar-refractivity contribution in [3.8, 4) is 17.2 Å². The van der Waals surface area contributed by atoms with Crippen LogP contribution in [0.3, 0.4) is 0 Å². The Labute approximate surface area is 151 Å². The molecule has 0 aliphatic carbocycles. The van der Waals surface area contributed by atoms with E-state index in [4.69, 9.17) is 26.5 Å². The molecule has 0 aliphatic rings. The standard InChI is InChI=1S/C18H11ClN2O3S/c19-10-3-5-11(6-4-10)24-18(22)16-15(20)12-7-8-13(21-17(12)25-16)14-2-1-9-23-14/h1-9H,20H2. The number of ether oxygens (including phenoxy) is 1. The molecule has 2 N–H and O–H groups in total. The summed E-state index contributed by atoms with van der Waals surface area (Å²) in [6.07, 6.45) is 1.58. The lowest BCUT2D eigenvalue weighted by Gasteiger charge is -2.03. The van der Waals surface area contributed by atoms with Crippen molar-refractivity contribution in [2.75, 3.05) is 5.73 Å².